The number of hydrogen-bond acceptors (Lipinski definition) is 3. The quantitative estimate of drug-likeness (QED) is 0.727. The minimum Gasteiger partial charge on any atom is -0.415 e. The minimum atomic E-state index is -1.46. The lowest BCUT2D eigenvalue weighted by atomic mass is 9.79. The first-order valence-corrected chi connectivity index (χ1v) is 9.99. The van der Waals surface area contributed by atoms with Crippen molar-refractivity contribution in [3.63, 3.8) is 0 Å². The van der Waals surface area contributed by atoms with Crippen molar-refractivity contribution in [3.05, 3.63) is 0 Å². The zero-order valence-electron chi connectivity index (χ0n) is 12.3. The molecular formula is C13H28O3Si. The van der Waals surface area contributed by atoms with Gasteiger partial charge in [0, 0.05) is 13.0 Å². The van der Waals surface area contributed by atoms with Crippen LogP contribution in [0.5, 0.6) is 0 Å². The predicted octanol–water partition coefficient (Wildman–Crippen LogP) is 3.12. The zero-order valence-corrected chi connectivity index (χ0v) is 13.3. The Kier molecular flexibility index (Phi) is 5.19. The Balaban J connectivity index is 2.59. The summed E-state index contributed by atoms with van der Waals surface area (Å²) in [5, 5.41) is 0. The maximum absolute atomic E-state index is 6.00. The van der Waals surface area contributed by atoms with Gasteiger partial charge in [0.15, 0.2) is 14.6 Å². The van der Waals surface area contributed by atoms with Crippen LogP contribution in [0.1, 0.15) is 20.8 Å². The summed E-state index contributed by atoms with van der Waals surface area (Å²) in [7, 11) is 0.260. The first-order chi connectivity index (χ1) is 7.76. The Hall–Kier alpha value is 0.0969. The summed E-state index contributed by atoms with van der Waals surface area (Å²) < 4.78 is 17.4. The highest BCUT2D eigenvalue weighted by Gasteiger charge is 2.39. The minimum absolute atomic E-state index is 0.0866. The molecule has 1 rings (SSSR count). The van der Waals surface area contributed by atoms with E-state index in [-0.39, 0.29) is 12.4 Å². The Morgan fingerprint density at radius 1 is 1.00 bits per heavy atom. The number of rotatable bonds is 4. The zero-order chi connectivity index (χ0) is 13.2. The third kappa shape index (κ3) is 4.05. The summed E-state index contributed by atoms with van der Waals surface area (Å²) in [6, 6.07) is 0. The second-order valence-electron chi connectivity index (χ2n) is 6.28. The Morgan fingerprint density at radius 2 is 1.59 bits per heavy atom. The summed E-state index contributed by atoms with van der Waals surface area (Å²) in [5.74, 6) is 1.56. The van der Waals surface area contributed by atoms with Crippen molar-refractivity contribution < 1.29 is 13.9 Å². The van der Waals surface area contributed by atoms with Crippen LogP contribution in [0.15, 0.2) is 0 Å². The van der Waals surface area contributed by atoms with Crippen molar-refractivity contribution in [1.29, 1.82) is 0 Å². The molecule has 1 saturated heterocycles. The van der Waals surface area contributed by atoms with Crippen LogP contribution in [-0.2, 0) is 13.9 Å². The Bertz CT molecular complexity index is 237. The van der Waals surface area contributed by atoms with Crippen LogP contribution in [0.4, 0.5) is 0 Å². The van der Waals surface area contributed by atoms with Gasteiger partial charge in [0.2, 0.25) is 0 Å². The first kappa shape index (κ1) is 15.2. The van der Waals surface area contributed by atoms with Gasteiger partial charge in [-0.1, -0.05) is 20.8 Å². The smallest absolute Gasteiger partial charge is 0.183 e. The van der Waals surface area contributed by atoms with E-state index in [1.54, 1.807) is 7.11 Å². The van der Waals surface area contributed by atoms with Crippen molar-refractivity contribution in [2.24, 2.45) is 17.8 Å². The molecule has 2 unspecified atom stereocenters. The molecule has 0 aromatic rings. The van der Waals surface area contributed by atoms with E-state index in [1.165, 1.54) is 0 Å². The standard InChI is InChI=1S/C13H28O3Si/c1-9-10(2)12(8-15-17(5,6)7)16-13(14-4)11(9)3/h9-13H,8H2,1-7H3/t9-,10-,11?,12?,13-/m0/s1. The molecule has 0 N–H and O–H groups in total. The highest BCUT2D eigenvalue weighted by molar-refractivity contribution is 6.69. The number of methoxy groups -OCH3 is 1. The van der Waals surface area contributed by atoms with E-state index >= 15 is 0 Å². The molecule has 102 valence electrons. The van der Waals surface area contributed by atoms with Crippen molar-refractivity contribution in [2.45, 2.75) is 52.8 Å². The van der Waals surface area contributed by atoms with E-state index in [0.717, 1.165) is 0 Å². The van der Waals surface area contributed by atoms with Crippen molar-refractivity contribution in [2.75, 3.05) is 13.7 Å². The molecule has 0 aromatic heterocycles. The SMILES string of the molecule is CO[C@H]1OC(CO[Si](C)(C)C)[C@@H](C)[C@H](C)C1C. The molecule has 0 aliphatic carbocycles. The van der Waals surface area contributed by atoms with E-state index < -0.39 is 8.32 Å². The topological polar surface area (TPSA) is 27.7 Å². The molecule has 0 radical (unpaired) electrons. The Labute approximate surface area is 107 Å². The number of ether oxygens (including phenoxy) is 2. The Morgan fingerprint density at radius 3 is 2.06 bits per heavy atom. The molecule has 0 aromatic carbocycles. The fourth-order valence-electron chi connectivity index (χ4n) is 2.28. The summed E-state index contributed by atoms with van der Waals surface area (Å²) in [5.41, 5.74) is 0. The van der Waals surface area contributed by atoms with E-state index in [2.05, 4.69) is 40.4 Å². The van der Waals surface area contributed by atoms with Crippen LogP contribution in [0.2, 0.25) is 19.6 Å². The summed E-state index contributed by atoms with van der Waals surface area (Å²) in [6.45, 7) is 14.1. The van der Waals surface area contributed by atoms with Gasteiger partial charge in [-0.15, -0.1) is 0 Å². The third-order valence-electron chi connectivity index (χ3n) is 3.90. The molecule has 1 heterocycles. The van der Waals surface area contributed by atoms with Crippen LogP contribution in [0, 0.1) is 17.8 Å². The van der Waals surface area contributed by atoms with E-state index in [4.69, 9.17) is 13.9 Å². The van der Waals surface area contributed by atoms with Crippen molar-refractivity contribution in [1.82, 2.24) is 0 Å². The predicted molar refractivity (Wildman–Crippen MR) is 72.5 cm³/mol. The second-order valence-corrected chi connectivity index (χ2v) is 10.8. The molecule has 0 amide bonds. The van der Waals surface area contributed by atoms with Gasteiger partial charge >= 0.3 is 0 Å². The van der Waals surface area contributed by atoms with Crippen LogP contribution < -0.4 is 0 Å². The highest BCUT2D eigenvalue weighted by Crippen LogP contribution is 2.35. The van der Waals surface area contributed by atoms with Gasteiger partial charge in [-0.2, -0.15) is 0 Å². The first-order valence-electron chi connectivity index (χ1n) is 6.58. The molecule has 17 heavy (non-hydrogen) atoms. The van der Waals surface area contributed by atoms with E-state index in [1.807, 2.05) is 0 Å². The molecule has 0 saturated carbocycles. The normalized spacial score (nSPS) is 39.4. The molecule has 0 spiro atoms. The van der Waals surface area contributed by atoms with Crippen LogP contribution >= 0.6 is 0 Å². The van der Waals surface area contributed by atoms with Crippen LogP contribution in [0.3, 0.4) is 0 Å². The second kappa shape index (κ2) is 5.82. The highest BCUT2D eigenvalue weighted by atomic mass is 28.4. The molecule has 5 atom stereocenters. The fraction of sp³-hybridized carbons (Fsp3) is 1.00. The lowest BCUT2D eigenvalue weighted by Gasteiger charge is -2.43. The average molecular weight is 260 g/mol. The third-order valence-corrected chi connectivity index (χ3v) is 4.93. The molecule has 1 aliphatic rings. The molecule has 1 aliphatic heterocycles. The van der Waals surface area contributed by atoms with E-state index in [0.29, 0.717) is 24.4 Å². The molecule has 1 fully saturated rings. The monoisotopic (exact) mass is 260 g/mol. The van der Waals surface area contributed by atoms with Gasteiger partial charge in [0.05, 0.1) is 12.7 Å². The maximum Gasteiger partial charge on any atom is 0.183 e. The summed E-state index contributed by atoms with van der Waals surface area (Å²) in [6.07, 6.45) is 0.0781. The van der Waals surface area contributed by atoms with Gasteiger partial charge in [-0.05, 0) is 31.5 Å². The van der Waals surface area contributed by atoms with Gasteiger partial charge < -0.3 is 13.9 Å². The van der Waals surface area contributed by atoms with Gasteiger partial charge in [0.1, 0.15) is 0 Å². The fourth-order valence-corrected chi connectivity index (χ4v) is 2.94. The lowest BCUT2D eigenvalue weighted by Crippen LogP contribution is -2.48. The largest absolute Gasteiger partial charge is 0.415 e. The molecular weight excluding hydrogens is 232 g/mol. The average Bonchev–Trinajstić information content (AvgIpc) is 2.24. The number of hydrogen-bond donors (Lipinski definition) is 0. The van der Waals surface area contributed by atoms with Crippen molar-refractivity contribution >= 4 is 8.32 Å². The summed E-state index contributed by atoms with van der Waals surface area (Å²) in [4.78, 5) is 0. The van der Waals surface area contributed by atoms with Crippen molar-refractivity contribution in [3.8, 4) is 0 Å². The molecule has 4 heteroatoms. The van der Waals surface area contributed by atoms with E-state index in [9.17, 15) is 0 Å². The lowest BCUT2D eigenvalue weighted by molar-refractivity contribution is -0.242. The summed E-state index contributed by atoms with van der Waals surface area (Å²) >= 11 is 0. The molecule has 3 nitrogen and oxygen atoms in total. The van der Waals surface area contributed by atoms with Crippen LogP contribution in [-0.4, -0.2) is 34.4 Å². The molecule has 0 bridgehead atoms. The van der Waals surface area contributed by atoms with Gasteiger partial charge in [-0.3, -0.25) is 0 Å². The van der Waals surface area contributed by atoms with Gasteiger partial charge in [-0.25, -0.2) is 0 Å². The van der Waals surface area contributed by atoms with Gasteiger partial charge in [0.25, 0.3) is 0 Å². The maximum atomic E-state index is 6.00. The van der Waals surface area contributed by atoms with Crippen LogP contribution in [0.25, 0.3) is 0 Å².